The Kier molecular flexibility index (Phi) is 3.93. The lowest BCUT2D eigenvalue weighted by Gasteiger charge is -2.20. The molecule has 0 radical (unpaired) electrons. The molecule has 1 aromatic heterocycles. The fourth-order valence-corrected chi connectivity index (χ4v) is 2.99. The molecule has 1 saturated carbocycles. The van der Waals surface area contributed by atoms with Crippen molar-refractivity contribution in [2.75, 3.05) is 13.1 Å². The van der Waals surface area contributed by atoms with E-state index < -0.39 is 0 Å². The smallest absolute Gasteiger partial charge is 0.272 e. The van der Waals surface area contributed by atoms with E-state index in [1.807, 2.05) is 6.07 Å². The molecule has 1 N–H and O–H groups in total. The van der Waals surface area contributed by atoms with Gasteiger partial charge in [-0.2, -0.15) is 5.10 Å². The van der Waals surface area contributed by atoms with E-state index in [0.29, 0.717) is 23.6 Å². The van der Waals surface area contributed by atoms with E-state index in [2.05, 4.69) is 41.2 Å². The van der Waals surface area contributed by atoms with E-state index in [1.165, 1.54) is 12.8 Å². The van der Waals surface area contributed by atoms with E-state index in [4.69, 9.17) is 0 Å². The third-order valence-corrected chi connectivity index (χ3v) is 4.64. The Morgan fingerprint density at radius 3 is 2.76 bits per heavy atom. The normalized spacial score (nSPS) is 26.3. The summed E-state index contributed by atoms with van der Waals surface area (Å²) in [6, 6.07) is 2.62. The van der Waals surface area contributed by atoms with E-state index in [1.54, 1.807) is 6.20 Å². The van der Waals surface area contributed by atoms with Crippen LogP contribution in [0.5, 0.6) is 0 Å². The molecule has 5 heteroatoms. The van der Waals surface area contributed by atoms with Gasteiger partial charge in [0.15, 0.2) is 5.69 Å². The Hall–Kier alpha value is -1.49. The molecule has 5 nitrogen and oxygen atoms in total. The van der Waals surface area contributed by atoms with Crippen molar-refractivity contribution >= 4 is 5.91 Å². The van der Waals surface area contributed by atoms with Crippen molar-refractivity contribution < 1.29 is 4.79 Å². The molecule has 2 aliphatic rings. The summed E-state index contributed by atoms with van der Waals surface area (Å²) < 4.78 is 0. The summed E-state index contributed by atoms with van der Waals surface area (Å²) in [4.78, 5) is 14.8. The van der Waals surface area contributed by atoms with Gasteiger partial charge in [-0.05, 0) is 50.2 Å². The maximum absolute atomic E-state index is 12.4. The first kappa shape index (κ1) is 14.4. The number of aromatic nitrogens is 2. The highest BCUT2D eigenvalue weighted by Crippen LogP contribution is 2.39. The first-order valence-corrected chi connectivity index (χ1v) is 7.92. The molecule has 0 bridgehead atoms. The van der Waals surface area contributed by atoms with E-state index in [-0.39, 0.29) is 11.9 Å². The number of likely N-dealkylation sites (tertiary alicyclic amines) is 1. The maximum atomic E-state index is 12.4. The van der Waals surface area contributed by atoms with Crippen LogP contribution < -0.4 is 5.32 Å². The molecule has 1 aromatic rings. The summed E-state index contributed by atoms with van der Waals surface area (Å²) in [6.45, 7) is 8.54. The zero-order valence-corrected chi connectivity index (χ0v) is 13.0. The predicted molar refractivity (Wildman–Crippen MR) is 81.1 cm³/mol. The first-order chi connectivity index (χ1) is 10.0. The van der Waals surface area contributed by atoms with Crippen molar-refractivity contribution in [1.29, 1.82) is 0 Å². The van der Waals surface area contributed by atoms with Crippen LogP contribution in [-0.2, 0) is 0 Å². The molecule has 0 spiro atoms. The van der Waals surface area contributed by atoms with Crippen LogP contribution in [-0.4, -0.2) is 46.2 Å². The number of amides is 1. The van der Waals surface area contributed by atoms with Gasteiger partial charge >= 0.3 is 0 Å². The highest BCUT2D eigenvalue weighted by molar-refractivity contribution is 5.92. The topological polar surface area (TPSA) is 58.1 Å². The van der Waals surface area contributed by atoms with Crippen molar-refractivity contribution in [3.63, 3.8) is 0 Å². The molecular formula is C16H24N4O. The number of rotatable bonds is 4. The minimum Gasteiger partial charge on any atom is -0.346 e. The van der Waals surface area contributed by atoms with Crippen LogP contribution >= 0.6 is 0 Å². The van der Waals surface area contributed by atoms with Gasteiger partial charge in [-0.15, -0.1) is 5.10 Å². The average molecular weight is 288 g/mol. The molecule has 1 amide bonds. The highest BCUT2D eigenvalue weighted by Gasteiger charge is 2.32. The molecule has 1 aliphatic heterocycles. The van der Waals surface area contributed by atoms with Gasteiger partial charge in [0.05, 0.1) is 6.20 Å². The summed E-state index contributed by atoms with van der Waals surface area (Å²) in [7, 11) is 0. The lowest BCUT2D eigenvalue weighted by molar-refractivity contribution is 0.0924. The molecule has 1 saturated heterocycles. The van der Waals surface area contributed by atoms with Gasteiger partial charge in [0, 0.05) is 25.2 Å². The van der Waals surface area contributed by atoms with Gasteiger partial charge in [-0.1, -0.05) is 6.92 Å². The van der Waals surface area contributed by atoms with Crippen LogP contribution in [0.25, 0.3) is 0 Å². The van der Waals surface area contributed by atoms with Crippen LogP contribution in [0.1, 0.15) is 55.6 Å². The maximum Gasteiger partial charge on any atom is 0.272 e. The largest absolute Gasteiger partial charge is 0.346 e. The molecule has 114 valence electrons. The van der Waals surface area contributed by atoms with Gasteiger partial charge in [0.2, 0.25) is 0 Å². The van der Waals surface area contributed by atoms with Gasteiger partial charge in [-0.25, -0.2) is 0 Å². The second kappa shape index (κ2) is 5.72. The molecule has 0 aromatic carbocycles. The van der Waals surface area contributed by atoms with Crippen LogP contribution in [0.3, 0.4) is 0 Å². The lowest BCUT2D eigenvalue weighted by atomic mass is 10.1. The summed E-state index contributed by atoms with van der Waals surface area (Å²) >= 11 is 0. The second-order valence-electron chi connectivity index (χ2n) is 6.75. The monoisotopic (exact) mass is 288 g/mol. The average Bonchev–Trinajstić information content (AvgIpc) is 3.24. The summed E-state index contributed by atoms with van der Waals surface area (Å²) in [5.41, 5.74) is 1.60. The summed E-state index contributed by atoms with van der Waals surface area (Å²) in [5, 5.41) is 11.1. The lowest BCUT2D eigenvalue weighted by Crippen LogP contribution is -2.40. The third kappa shape index (κ3) is 3.23. The van der Waals surface area contributed by atoms with Crippen molar-refractivity contribution in [2.24, 2.45) is 5.92 Å². The molecule has 2 atom stereocenters. The quantitative estimate of drug-likeness (QED) is 0.918. The minimum atomic E-state index is -0.0903. The summed E-state index contributed by atoms with van der Waals surface area (Å²) in [6.07, 6.45) is 4.19. The van der Waals surface area contributed by atoms with Crippen molar-refractivity contribution in [3.05, 3.63) is 23.5 Å². The van der Waals surface area contributed by atoms with E-state index >= 15 is 0 Å². The predicted octanol–water partition coefficient (Wildman–Crippen LogP) is 1.81. The zero-order chi connectivity index (χ0) is 15.0. The van der Waals surface area contributed by atoms with Gasteiger partial charge in [-0.3, -0.25) is 9.69 Å². The zero-order valence-electron chi connectivity index (χ0n) is 13.0. The minimum absolute atomic E-state index is 0.0903. The molecule has 2 fully saturated rings. The Balaban J connectivity index is 1.64. The van der Waals surface area contributed by atoms with Crippen molar-refractivity contribution in [3.8, 4) is 0 Å². The van der Waals surface area contributed by atoms with Gasteiger partial charge in [0.1, 0.15) is 0 Å². The fourth-order valence-electron chi connectivity index (χ4n) is 2.99. The fraction of sp³-hybridized carbons (Fsp3) is 0.688. The Bertz CT molecular complexity index is 527. The third-order valence-electron chi connectivity index (χ3n) is 4.64. The van der Waals surface area contributed by atoms with Crippen molar-refractivity contribution in [1.82, 2.24) is 20.4 Å². The second-order valence-corrected chi connectivity index (χ2v) is 6.75. The highest BCUT2D eigenvalue weighted by atomic mass is 16.2. The van der Waals surface area contributed by atoms with E-state index in [9.17, 15) is 4.79 Å². The molecule has 2 unspecified atom stereocenters. The Labute approximate surface area is 126 Å². The molecule has 1 aliphatic carbocycles. The number of hydrogen-bond acceptors (Lipinski definition) is 4. The van der Waals surface area contributed by atoms with Crippen LogP contribution in [0.15, 0.2) is 12.3 Å². The van der Waals surface area contributed by atoms with Crippen LogP contribution in [0, 0.1) is 5.92 Å². The molecule has 3 rings (SSSR count). The number of nitrogens with zero attached hydrogens (tertiary/aromatic N) is 3. The SMILES string of the molecule is CC1CN(C(C)C)CC1NC(=O)c1cc(C2CC2)cnn1. The molecular weight excluding hydrogens is 264 g/mol. The van der Waals surface area contributed by atoms with Crippen molar-refractivity contribution in [2.45, 2.75) is 51.6 Å². The number of nitrogens with one attached hydrogen (secondary N) is 1. The Morgan fingerprint density at radius 2 is 2.14 bits per heavy atom. The standard InChI is InChI=1S/C16H24N4O/c1-10(2)20-8-11(3)15(9-20)18-16(21)14-6-13(7-17-19-14)12-4-5-12/h6-7,10-12,15H,4-5,8-9H2,1-3H3,(H,18,21). The number of carbonyl (C=O) groups excluding carboxylic acids is 1. The number of hydrogen-bond donors (Lipinski definition) is 1. The van der Waals surface area contributed by atoms with Crippen LogP contribution in [0.2, 0.25) is 0 Å². The van der Waals surface area contributed by atoms with Gasteiger partial charge < -0.3 is 5.32 Å². The summed E-state index contributed by atoms with van der Waals surface area (Å²) in [5.74, 6) is 0.970. The Morgan fingerprint density at radius 1 is 1.38 bits per heavy atom. The molecule has 2 heterocycles. The first-order valence-electron chi connectivity index (χ1n) is 7.92. The van der Waals surface area contributed by atoms with Crippen LogP contribution in [0.4, 0.5) is 0 Å². The number of carbonyl (C=O) groups is 1. The van der Waals surface area contributed by atoms with Gasteiger partial charge in [0.25, 0.3) is 5.91 Å². The van der Waals surface area contributed by atoms with E-state index in [0.717, 1.165) is 18.7 Å². The molecule has 21 heavy (non-hydrogen) atoms.